The highest BCUT2D eigenvalue weighted by atomic mass is 16.5. The van der Waals surface area contributed by atoms with Gasteiger partial charge in [-0.05, 0) is 41.0 Å². The zero-order chi connectivity index (χ0) is 12.7. The highest BCUT2D eigenvalue weighted by molar-refractivity contribution is 4.96. The average Bonchev–Trinajstić information content (AvgIpc) is 2.34. The van der Waals surface area contributed by atoms with E-state index in [1.165, 1.54) is 26.1 Å². The van der Waals surface area contributed by atoms with E-state index in [0.717, 1.165) is 6.54 Å². The number of ether oxygens (including phenoxy) is 1. The molecule has 2 rings (SSSR count). The molecule has 2 aliphatic rings. The van der Waals surface area contributed by atoms with Crippen LogP contribution in [0.4, 0.5) is 0 Å². The number of nitrogens with one attached hydrogen (secondary N) is 1. The summed E-state index contributed by atoms with van der Waals surface area (Å²) in [5.41, 5.74) is 0.0748. The van der Waals surface area contributed by atoms with E-state index in [4.69, 9.17) is 4.74 Å². The van der Waals surface area contributed by atoms with Crippen molar-refractivity contribution in [1.29, 1.82) is 0 Å². The van der Waals surface area contributed by atoms with Crippen LogP contribution >= 0.6 is 0 Å². The molecule has 0 aliphatic carbocycles. The molecule has 0 aromatic rings. The van der Waals surface area contributed by atoms with Crippen molar-refractivity contribution in [3.8, 4) is 0 Å². The van der Waals surface area contributed by atoms with Crippen LogP contribution in [0.2, 0.25) is 0 Å². The van der Waals surface area contributed by atoms with E-state index in [9.17, 15) is 0 Å². The first-order chi connectivity index (χ1) is 7.78. The predicted octanol–water partition coefficient (Wildman–Crippen LogP) is 1.87. The van der Waals surface area contributed by atoms with Crippen molar-refractivity contribution >= 4 is 0 Å². The van der Waals surface area contributed by atoms with Gasteiger partial charge in [-0.1, -0.05) is 0 Å². The van der Waals surface area contributed by atoms with Gasteiger partial charge in [0.15, 0.2) is 0 Å². The van der Waals surface area contributed by atoms with Crippen LogP contribution in [0.5, 0.6) is 0 Å². The van der Waals surface area contributed by atoms with Gasteiger partial charge in [0, 0.05) is 38.1 Å². The zero-order valence-electron chi connectivity index (χ0n) is 12.0. The van der Waals surface area contributed by atoms with E-state index >= 15 is 0 Å². The summed E-state index contributed by atoms with van der Waals surface area (Å²) >= 11 is 0. The molecule has 100 valence electrons. The number of piperazine rings is 1. The maximum atomic E-state index is 6.17. The van der Waals surface area contributed by atoms with Crippen molar-refractivity contribution in [2.75, 3.05) is 26.2 Å². The van der Waals surface area contributed by atoms with Crippen molar-refractivity contribution in [1.82, 2.24) is 10.2 Å². The van der Waals surface area contributed by atoms with Gasteiger partial charge < -0.3 is 15.0 Å². The molecule has 3 heteroatoms. The first kappa shape index (κ1) is 13.3. The van der Waals surface area contributed by atoms with Gasteiger partial charge in [-0.25, -0.2) is 0 Å². The molecule has 2 fully saturated rings. The molecule has 2 atom stereocenters. The minimum absolute atomic E-state index is 0.0254. The molecular formula is C14H28N2O. The van der Waals surface area contributed by atoms with Gasteiger partial charge in [0.1, 0.15) is 0 Å². The Hall–Kier alpha value is -0.120. The van der Waals surface area contributed by atoms with E-state index in [1.807, 2.05) is 0 Å². The lowest BCUT2D eigenvalue weighted by molar-refractivity contribution is -0.0773. The van der Waals surface area contributed by atoms with Gasteiger partial charge in [0.25, 0.3) is 0 Å². The zero-order valence-corrected chi connectivity index (χ0v) is 12.0. The number of nitrogens with zero attached hydrogens (tertiary/aromatic N) is 1. The Bertz CT molecular complexity index is 275. The molecule has 1 unspecified atom stereocenters. The molecule has 2 aliphatic heterocycles. The Morgan fingerprint density at radius 3 is 2.53 bits per heavy atom. The van der Waals surface area contributed by atoms with Crippen LogP contribution in [0, 0.1) is 5.92 Å². The Labute approximate surface area is 106 Å². The molecule has 0 saturated carbocycles. The van der Waals surface area contributed by atoms with Gasteiger partial charge in [-0.3, -0.25) is 0 Å². The largest absolute Gasteiger partial charge is 0.369 e. The van der Waals surface area contributed by atoms with Gasteiger partial charge in [0.2, 0.25) is 0 Å². The molecule has 0 radical (unpaired) electrons. The highest BCUT2D eigenvalue weighted by Crippen LogP contribution is 2.42. The fraction of sp³-hybridized carbons (Fsp3) is 1.00. The summed E-state index contributed by atoms with van der Waals surface area (Å²) in [7, 11) is 0. The molecule has 0 aromatic carbocycles. The normalized spacial score (nSPS) is 37.2. The third-order valence-electron chi connectivity index (χ3n) is 4.19. The van der Waals surface area contributed by atoms with E-state index in [2.05, 4.69) is 44.8 Å². The van der Waals surface area contributed by atoms with Crippen molar-refractivity contribution in [3.63, 3.8) is 0 Å². The maximum absolute atomic E-state index is 6.17. The lowest BCUT2D eigenvalue weighted by Gasteiger charge is -2.36. The fourth-order valence-electron chi connectivity index (χ4n) is 3.45. The Balaban J connectivity index is 1.94. The molecule has 0 amide bonds. The third-order valence-corrected chi connectivity index (χ3v) is 4.19. The van der Waals surface area contributed by atoms with E-state index < -0.39 is 0 Å². The van der Waals surface area contributed by atoms with Crippen LogP contribution in [0.1, 0.15) is 41.0 Å². The van der Waals surface area contributed by atoms with E-state index in [1.54, 1.807) is 0 Å². The fourth-order valence-corrected chi connectivity index (χ4v) is 3.45. The van der Waals surface area contributed by atoms with Crippen LogP contribution in [-0.4, -0.2) is 48.3 Å². The Morgan fingerprint density at radius 1 is 1.29 bits per heavy atom. The maximum Gasteiger partial charge on any atom is 0.0675 e. The quantitative estimate of drug-likeness (QED) is 0.797. The molecule has 2 saturated heterocycles. The highest BCUT2D eigenvalue weighted by Gasteiger charge is 2.46. The molecule has 3 nitrogen and oxygen atoms in total. The van der Waals surface area contributed by atoms with Crippen LogP contribution < -0.4 is 5.32 Å². The first-order valence-corrected chi connectivity index (χ1v) is 6.94. The number of hydrogen-bond acceptors (Lipinski definition) is 3. The van der Waals surface area contributed by atoms with Crippen LogP contribution in [0.3, 0.4) is 0 Å². The SMILES string of the molecule is C[C@H]1CN(CC2CC(C)(C)OC2(C)C)CCN1. The second kappa shape index (κ2) is 4.52. The molecule has 1 N–H and O–H groups in total. The molecule has 17 heavy (non-hydrogen) atoms. The van der Waals surface area contributed by atoms with Crippen molar-refractivity contribution in [2.24, 2.45) is 5.92 Å². The summed E-state index contributed by atoms with van der Waals surface area (Å²) in [6.07, 6.45) is 1.18. The lowest BCUT2D eigenvalue weighted by Crippen LogP contribution is -2.51. The van der Waals surface area contributed by atoms with Crippen molar-refractivity contribution in [3.05, 3.63) is 0 Å². The minimum atomic E-state index is 0.0254. The number of rotatable bonds is 2. The van der Waals surface area contributed by atoms with Crippen LogP contribution in [-0.2, 0) is 4.74 Å². The predicted molar refractivity (Wildman–Crippen MR) is 71.3 cm³/mol. The topological polar surface area (TPSA) is 24.5 Å². The monoisotopic (exact) mass is 240 g/mol. The standard InChI is InChI=1S/C14H28N2O/c1-11-9-16(7-6-15-11)10-12-8-13(2,3)17-14(12,4)5/h11-12,15H,6-10H2,1-5H3/t11-,12?/m0/s1. The van der Waals surface area contributed by atoms with Crippen molar-refractivity contribution < 1.29 is 4.74 Å². The Kier molecular flexibility index (Phi) is 3.54. The summed E-state index contributed by atoms with van der Waals surface area (Å²) < 4.78 is 6.17. The minimum Gasteiger partial charge on any atom is -0.369 e. The van der Waals surface area contributed by atoms with E-state index in [-0.39, 0.29) is 11.2 Å². The molecule has 0 bridgehead atoms. The first-order valence-electron chi connectivity index (χ1n) is 6.94. The summed E-state index contributed by atoms with van der Waals surface area (Å²) in [4.78, 5) is 2.60. The van der Waals surface area contributed by atoms with Gasteiger partial charge in [-0.15, -0.1) is 0 Å². The van der Waals surface area contributed by atoms with Crippen LogP contribution in [0.25, 0.3) is 0 Å². The molecule has 0 aromatic heterocycles. The number of hydrogen-bond donors (Lipinski definition) is 1. The molecule has 2 heterocycles. The molecule has 0 spiro atoms. The van der Waals surface area contributed by atoms with Crippen molar-refractivity contribution in [2.45, 2.75) is 58.3 Å². The smallest absolute Gasteiger partial charge is 0.0675 e. The van der Waals surface area contributed by atoms with Gasteiger partial charge in [0.05, 0.1) is 11.2 Å². The van der Waals surface area contributed by atoms with E-state index in [0.29, 0.717) is 12.0 Å². The Morgan fingerprint density at radius 2 is 2.00 bits per heavy atom. The van der Waals surface area contributed by atoms with Gasteiger partial charge in [-0.2, -0.15) is 0 Å². The second-order valence-electron chi connectivity index (χ2n) is 6.98. The summed E-state index contributed by atoms with van der Waals surface area (Å²) in [5.74, 6) is 0.655. The van der Waals surface area contributed by atoms with Gasteiger partial charge >= 0.3 is 0 Å². The summed E-state index contributed by atoms with van der Waals surface area (Å²) in [6.45, 7) is 15.9. The average molecular weight is 240 g/mol. The summed E-state index contributed by atoms with van der Waals surface area (Å²) in [5, 5.41) is 3.50. The van der Waals surface area contributed by atoms with Crippen LogP contribution in [0.15, 0.2) is 0 Å². The summed E-state index contributed by atoms with van der Waals surface area (Å²) in [6, 6.07) is 0.627. The lowest BCUT2D eigenvalue weighted by atomic mass is 9.86. The second-order valence-corrected chi connectivity index (χ2v) is 6.98. The third kappa shape index (κ3) is 3.21. The molecular weight excluding hydrogens is 212 g/mol.